The second-order valence-corrected chi connectivity index (χ2v) is 8.54. The average molecular weight is 398 g/mol. The lowest BCUT2D eigenvalue weighted by Crippen LogP contribution is -2.36. The number of alkyl halides is 3. The zero-order valence-electron chi connectivity index (χ0n) is 11.1. The van der Waals surface area contributed by atoms with Crippen molar-refractivity contribution in [3.8, 4) is 0 Å². The Labute approximate surface area is 133 Å². The third-order valence-corrected chi connectivity index (χ3v) is 6.48. The Bertz CT molecular complexity index is 747. The third-order valence-electron chi connectivity index (χ3n) is 4.01. The van der Waals surface area contributed by atoms with Gasteiger partial charge in [0.25, 0.3) is 0 Å². The number of benzene rings is 1. The van der Waals surface area contributed by atoms with E-state index in [4.69, 9.17) is 0 Å². The van der Waals surface area contributed by atoms with Gasteiger partial charge in [-0.3, -0.25) is 4.79 Å². The van der Waals surface area contributed by atoms with Crippen LogP contribution >= 0.6 is 15.9 Å². The topological polar surface area (TPSA) is 54.5 Å². The Hall–Kier alpha value is -1.09. The first kappa shape index (κ1) is 15.8. The highest BCUT2D eigenvalue weighted by molar-refractivity contribution is 9.10. The van der Waals surface area contributed by atoms with Gasteiger partial charge in [-0.05, 0) is 18.2 Å². The summed E-state index contributed by atoms with van der Waals surface area (Å²) in [6.45, 7) is 0. The van der Waals surface area contributed by atoms with Crippen LogP contribution in [0.3, 0.4) is 0 Å². The molecule has 0 aromatic heterocycles. The van der Waals surface area contributed by atoms with Gasteiger partial charge in [-0.1, -0.05) is 15.9 Å². The predicted octanol–water partition coefficient (Wildman–Crippen LogP) is 2.62. The summed E-state index contributed by atoms with van der Waals surface area (Å²) in [5.41, 5.74) is -0.799. The van der Waals surface area contributed by atoms with Gasteiger partial charge >= 0.3 is 6.18 Å². The van der Waals surface area contributed by atoms with Crippen molar-refractivity contribution < 1.29 is 26.4 Å². The molecule has 0 N–H and O–H groups in total. The molecule has 0 bridgehead atoms. The minimum Gasteiger partial charge on any atom is -0.308 e. The van der Waals surface area contributed by atoms with E-state index in [1.807, 2.05) is 0 Å². The van der Waals surface area contributed by atoms with Gasteiger partial charge < -0.3 is 4.90 Å². The lowest BCUT2D eigenvalue weighted by molar-refractivity contribution is -0.138. The Morgan fingerprint density at radius 1 is 1.23 bits per heavy atom. The molecule has 2 aliphatic heterocycles. The second-order valence-electron chi connectivity index (χ2n) is 5.53. The molecule has 1 amide bonds. The lowest BCUT2D eigenvalue weighted by atomic mass is 10.0. The molecule has 0 aliphatic carbocycles. The van der Waals surface area contributed by atoms with E-state index >= 15 is 0 Å². The van der Waals surface area contributed by atoms with Crippen LogP contribution in [0.4, 0.5) is 18.9 Å². The second kappa shape index (κ2) is 4.95. The SMILES string of the molecule is O=C1CC2CS(=O)(=O)CC2N1c1ccc(Br)c(C(F)(F)F)c1. The van der Waals surface area contributed by atoms with Crippen LogP contribution in [0.25, 0.3) is 0 Å². The standard InChI is InChI=1S/C13H11BrF3NO3S/c14-10-2-1-8(4-9(10)13(15,16)17)18-11-6-22(20,21)5-7(11)3-12(18)19/h1-2,4,7,11H,3,5-6H2. The fourth-order valence-corrected chi connectivity index (χ4v) is 5.65. The van der Waals surface area contributed by atoms with E-state index in [1.54, 1.807) is 0 Å². The quantitative estimate of drug-likeness (QED) is 0.731. The monoisotopic (exact) mass is 397 g/mol. The van der Waals surface area contributed by atoms with E-state index in [-0.39, 0.29) is 39.9 Å². The van der Waals surface area contributed by atoms with E-state index in [0.717, 1.165) is 6.07 Å². The number of anilines is 1. The zero-order chi connectivity index (χ0) is 16.3. The highest BCUT2D eigenvalue weighted by atomic mass is 79.9. The van der Waals surface area contributed by atoms with Gasteiger partial charge in [0.15, 0.2) is 9.84 Å². The molecule has 22 heavy (non-hydrogen) atoms. The van der Waals surface area contributed by atoms with E-state index < -0.39 is 27.6 Å². The fourth-order valence-electron chi connectivity index (χ4n) is 3.11. The van der Waals surface area contributed by atoms with Crippen LogP contribution in [-0.2, 0) is 20.8 Å². The molecule has 1 aromatic rings. The molecule has 1 aromatic carbocycles. The van der Waals surface area contributed by atoms with Crippen molar-refractivity contribution in [2.75, 3.05) is 16.4 Å². The summed E-state index contributed by atoms with van der Waals surface area (Å²) in [6.07, 6.45) is -4.50. The van der Waals surface area contributed by atoms with E-state index in [2.05, 4.69) is 15.9 Å². The summed E-state index contributed by atoms with van der Waals surface area (Å²) in [7, 11) is -3.24. The van der Waals surface area contributed by atoms with Crippen LogP contribution in [0.15, 0.2) is 22.7 Å². The van der Waals surface area contributed by atoms with Gasteiger partial charge in [0.1, 0.15) is 0 Å². The van der Waals surface area contributed by atoms with Crippen LogP contribution in [-0.4, -0.2) is 31.9 Å². The smallest absolute Gasteiger partial charge is 0.308 e. The van der Waals surface area contributed by atoms with E-state index in [1.165, 1.54) is 17.0 Å². The summed E-state index contributed by atoms with van der Waals surface area (Å²) >= 11 is 2.85. The largest absolute Gasteiger partial charge is 0.417 e. The molecule has 0 spiro atoms. The van der Waals surface area contributed by atoms with E-state index in [9.17, 15) is 26.4 Å². The van der Waals surface area contributed by atoms with Crippen molar-refractivity contribution in [2.24, 2.45) is 5.92 Å². The summed E-state index contributed by atoms with van der Waals surface area (Å²) in [5, 5.41) is 0. The van der Waals surface area contributed by atoms with Crippen molar-refractivity contribution in [2.45, 2.75) is 18.6 Å². The molecule has 2 fully saturated rings. The highest BCUT2D eigenvalue weighted by Crippen LogP contribution is 2.41. The summed E-state index contributed by atoms with van der Waals surface area (Å²) in [5.74, 6) is -0.945. The molecule has 2 atom stereocenters. The maximum Gasteiger partial charge on any atom is 0.417 e. The third kappa shape index (κ3) is 2.64. The van der Waals surface area contributed by atoms with Crippen molar-refractivity contribution in [1.82, 2.24) is 0 Å². The maximum absolute atomic E-state index is 13.0. The molecule has 2 unspecified atom stereocenters. The highest BCUT2D eigenvalue weighted by Gasteiger charge is 2.49. The number of carbonyl (C=O) groups excluding carboxylic acids is 1. The van der Waals surface area contributed by atoms with Crippen molar-refractivity contribution in [1.29, 1.82) is 0 Å². The number of hydrogen-bond acceptors (Lipinski definition) is 3. The fraction of sp³-hybridized carbons (Fsp3) is 0.462. The Balaban J connectivity index is 2.02. The van der Waals surface area contributed by atoms with Gasteiger partial charge in [-0.25, -0.2) is 8.42 Å². The number of fused-ring (bicyclic) bond motifs is 1. The molecule has 2 heterocycles. The molecular formula is C13H11BrF3NO3S. The molecule has 120 valence electrons. The maximum atomic E-state index is 13.0. The van der Waals surface area contributed by atoms with Crippen LogP contribution in [0.2, 0.25) is 0 Å². The molecule has 0 radical (unpaired) electrons. The molecule has 3 rings (SSSR count). The number of nitrogens with zero attached hydrogens (tertiary/aromatic N) is 1. The molecular weight excluding hydrogens is 387 g/mol. The van der Waals surface area contributed by atoms with Crippen LogP contribution < -0.4 is 4.90 Å². The summed E-state index contributed by atoms with van der Waals surface area (Å²) in [4.78, 5) is 13.3. The Morgan fingerprint density at radius 3 is 2.55 bits per heavy atom. The summed E-state index contributed by atoms with van der Waals surface area (Å²) < 4.78 is 62.2. The molecule has 4 nitrogen and oxygen atoms in total. The normalized spacial score (nSPS) is 27.3. The van der Waals surface area contributed by atoms with Crippen LogP contribution in [0.5, 0.6) is 0 Å². The minimum atomic E-state index is -4.56. The minimum absolute atomic E-state index is 0.0569. The van der Waals surface area contributed by atoms with E-state index in [0.29, 0.717) is 0 Å². The van der Waals surface area contributed by atoms with Gasteiger partial charge in [-0.15, -0.1) is 0 Å². The summed E-state index contributed by atoms with van der Waals surface area (Å²) in [6, 6.07) is 2.93. The molecule has 2 saturated heterocycles. The number of carbonyl (C=O) groups is 1. The van der Waals surface area contributed by atoms with Gasteiger partial charge in [0, 0.05) is 22.5 Å². The first-order valence-electron chi connectivity index (χ1n) is 6.48. The zero-order valence-corrected chi connectivity index (χ0v) is 13.5. The molecule has 0 saturated carbocycles. The number of halogens is 4. The molecule has 9 heteroatoms. The van der Waals surface area contributed by atoms with Gasteiger partial charge in [0.05, 0.1) is 23.1 Å². The first-order valence-corrected chi connectivity index (χ1v) is 9.09. The average Bonchev–Trinajstić information content (AvgIpc) is 2.79. The van der Waals surface area contributed by atoms with Crippen molar-refractivity contribution >= 4 is 37.4 Å². The van der Waals surface area contributed by atoms with Crippen molar-refractivity contribution in [3.63, 3.8) is 0 Å². The number of amides is 1. The molecule has 2 aliphatic rings. The number of hydrogen-bond donors (Lipinski definition) is 0. The van der Waals surface area contributed by atoms with Crippen LogP contribution in [0.1, 0.15) is 12.0 Å². The predicted molar refractivity (Wildman–Crippen MR) is 77.2 cm³/mol. The van der Waals surface area contributed by atoms with Gasteiger partial charge in [0.2, 0.25) is 5.91 Å². The lowest BCUT2D eigenvalue weighted by Gasteiger charge is -2.24. The number of rotatable bonds is 1. The van der Waals surface area contributed by atoms with Gasteiger partial charge in [-0.2, -0.15) is 13.2 Å². The first-order chi connectivity index (χ1) is 10.1. The Morgan fingerprint density at radius 2 is 1.91 bits per heavy atom. The Kier molecular flexibility index (Phi) is 3.56. The van der Waals surface area contributed by atoms with Crippen molar-refractivity contribution in [3.05, 3.63) is 28.2 Å². The van der Waals surface area contributed by atoms with Crippen LogP contribution in [0, 0.1) is 5.92 Å². The number of sulfone groups is 1.